The van der Waals surface area contributed by atoms with Gasteiger partial charge in [-0.05, 0) is 44.9 Å². The molecule has 0 fully saturated rings. The zero-order valence-electron chi connectivity index (χ0n) is 20.0. The van der Waals surface area contributed by atoms with Gasteiger partial charge in [0.25, 0.3) is 0 Å². The third-order valence-corrected chi connectivity index (χ3v) is 5.18. The molecule has 0 aromatic carbocycles. The molecule has 0 heterocycles. The van der Waals surface area contributed by atoms with Crippen LogP contribution in [-0.2, 0) is 23.1 Å². The average Bonchev–Trinajstić information content (AvgIpc) is 2.82. The fraction of sp³-hybridized carbons (Fsp3) is 0.625. The zero-order chi connectivity index (χ0) is 25.5. The molecule has 0 aliphatic rings. The summed E-state index contributed by atoms with van der Waals surface area (Å²) in [7, 11) is -4.49. The van der Waals surface area contributed by atoms with Gasteiger partial charge in [0.05, 0.1) is 19.8 Å². The Labute approximate surface area is 203 Å². The van der Waals surface area contributed by atoms with Crippen molar-refractivity contribution in [3.63, 3.8) is 0 Å². The van der Waals surface area contributed by atoms with E-state index in [2.05, 4.69) is 64.6 Å². The molecule has 0 saturated carbocycles. The van der Waals surface area contributed by atoms with E-state index in [-0.39, 0.29) is 13.0 Å². The third kappa shape index (κ3) is 22.2. The number of aliphatic hydroxyl groups is 3. The van der Waals surface area contributed by atoms with Gasteiger partial charge in [-0.3, -0.25) is 13.8 Å². The SMILES string of the molecule is CC/C=C\C/C=C\C/C=C\C/C=C\CCCCC(=O)OC[C@@H](O)COP(=O)(O)OC[C@@H](O)CO. The van der Waals surface area contributed by atoms with Crippen LogP contribution in [0.25, 0.3) is 0 Å². The zero-order valence-corrected chi connectivity index (χ0v) is 20.9. The van der Waals surface area contributed by atoms with Crippen molar-refractivity contribution in [2.75, 3.05) is 26.4 Å². The first-order valence-electron chi connectivity index (χ1n) is 11.6. The Kier molecular flexibility index (Phi) is 20.9. The Morgan fingerprint density at radius 1 is 0.824 bits per heavy atom. The first-order valence-corrected chi connectivity index (χ1v) is 13.1. The molecule has 34 heavy (non-hydrogen) atoms. The molecule has 0 aromatic heterocycles. The summed E-state index contributed by atoms with van der Waals surface area (Å²) in [6.07, 6.45) is 20.8. The smallest absolute Gasteiger partial charge is 0.463 e. The van der Waals surface area contributed by atoms with Crippen LogP contribution in [0.5, 0.6) is 0 Å². The number of unbranched alkanes of at least 4 members (excludes halogenated alkanes) is 2. The molecule has 10 heteroatoms. The number of esters is 1. The number of hydrogen-bond donors (Lipinski definition) is 4. The molecule has 0 rings (SSSR count). The van der Waals surface area contributed by atoms with Gasteiger partial charge in [-0.1, -0.05) is 55.5 Å². The maximum atomic E-state index is 11.7. The Bertz CT molecular complexity index is 673. The van der Waals surface area contributed by atoms with Crippen molar-refractivity contribution in [3.8, 4) is 0 Å². The van der Waals surface area contributed by atoms with Crippen LogP contribution in [0.1, 0.15) is 58.3 Å². The van der Waals surface area contributed by atoms with Crippen LogP contribution in [0, 0.1) is 0 Å². The van der Waals surface area contributed by atoms with Gasteiger partial charge in [0.2, 0.25) is 0 Å². The third-order valence-electron chi connectivity index (χ3n) is 4.23. The maximum absolute atomic E-state index is 11.7. The van der Waals surface area contributed by atoms with E-state index in [9.17, 15) is 19.4 Å². The van der Waals surface area contributed by atoms with Crippen LogP contribution >= 0.6 is 7.82 Å². The molecule has 0 aliphatic carbocycles. The van der Waals surface area contributed by atoms with Crippen molar-refractivity contribution in [2.24, 2.45) is 0 Å². The fourth-order valence-electron chi connectivity index (χ4n) is 2.39. The first kappa shape index (κ1) is 32.4. The summed E-state index contributed by atoms with van der Waals surface area (Å²) in [4.78, 5) is 21.1. The van der Waals surface area contributed by atoms with Crippen molar-refractivity contribution >= 4 is 13.8 Å². The van der Waals surface area contributed by atoms with Crippen LogP contribution in [0.2, 0.25) is 0 Å². The van der Waals surface area contributed by atoms with E-state index in [1.54, 1.807) is 0 Å². The Morgan fingerprint density at radius 2 is 1.35 bits per heavy atom. The molecule has 0 bridgehead atoms. The number of ether oxygens (including phenoxy) is 1. The Morgan fingerprint density at radius 3 is 1.91 bits per heavy atom. The summed E-state index contributed by atoms with van der Waals surface area (Å²) in [5.41, 5.74) is 0. The summed E-state index contributed by atoms with van der Waals surface area (Å²) >= 11 is 0. The van der Waals surface area contributed by atoms with Crippen LogP contribution in [0.15, 0.2) is 48.6 Å². The van der Waals surface area contributed by atoms with Crippen LogP contribution < -0.4 is 0 Å². The lowest BCUT2D eigenvalue weighted by atomic mass is 10.2. The highest BCUT2D eigenvalue weighted by Gasteiger charge is 2.24. The molecule has 0 radical (unpaired) electrons. The standard InChI is InChI=1S/C24H41O9P/c1-2-3-4-5-6-7-8-9-10-11-12-13-14-15-16-17-24(28)31-19-23(27)21-33-34(29,30)32-20-22(26)18-25/h3-4,6-7,9-10,12-13,22-23,25-27H,2,5,8,11,14-21H2,1H3,(H,29,30)/b4-3-,7-6-,10-9-,13-12-/t22-,23+/m0/s1. The van der Waals surface area contributed by atoms with Crippen LogP contribution in [0.3, 0.4) is 0 Å². The molecule has 0 aromatic rings. The predicted octanol–water partition coefficient (Wildman–Crippen LogP) is 3.74. The van der Waals surface area contributed by atoms with Crippen molar-refractivity contribution in [1.82, 2.24) is 0 Å². The van der Waals surface area contributed by atoms with Crippen molar-refractivity contribution in [2.45, 2.75) is 70.5 Å². The van der Waals surface area contributed by atoms with Gasteiger partial charge in [0.1, 0.15) is 18.8 Å². The summed E-state index contributed by atoms with van der Waals surface area (Å²) < 4.78 is 25.4. The van der Waals surface area contributed by atoms with E-state index in [4.69, 9.17) is 14.9 Å². The molecule has 196 valence electrons. The molecule has 0 aliphatic heterocycles. The Balaban J connectivity index is 3.73. The molecular weight excluding hydrogens is 463 g/mol. The van der Waals surface area contributed by atoms with E-state index >= 15 is 0 Å². The minimum Gasteiger partial charge on any atom is -0.463 e. The van der Waals surface area contributed by atoms with Crippen molar-refractivity contribution < 1.29 is 43.4 Å². The summed E-state index contributed by atoms with van der Waals surface area (Å²) in [5.74, 6) is -0.473. The summed E-state index contributed by atoms with van der Waals surface area (Å²) in [6.45, 7) is -0.0941. The average molecular weight is 505 g/mol. The van der Waals surface area contributed by atoms with E-state index in [0.29, 0.717) is 6.42 Å². The highest BCUT2D eigenvalue weighted by molar-refractivity contribution is 7.47. The van der Waals surface area contributed by atoms with Crippen molar-refractivity contribution in [3.05, 3.63) is 48.6 Å². The molecule has 0 amide bonds. The number of carbonyl (C=O) groups is 1. The minimum absolute atomic E-state index is 0.210. The maximum Gasteiger partial charge on any atom is 0.472 e. The van der Waals surface area contributed by atoms with Gasteiger partial charge in [-0.25, -0.2) is 4.57 Å². The Hall–Kier alpha value is -1.58. The van der Waals surface area contributed by atoms with E-state index < -0.39 is 45.8 Å². The second-order valence-corrected chi connectivity index (χ2v) is 8.93. The summed E-state index contributed by atoms with van der Waals surface area (Å²) in [6, 6.07) is 0. The molecular formula is C24H41O9P. The van der Waals surface area contributed by atoms with E-state index in [1.807, 2.05) is 0 Å². The topological polar surface area (TPSA) is 143 Å². The number of rotatable bonds is 21. The fourth-order valence-corrected chi connectivity index (χ4v) is 3.18. The number of allylic oxidation sites excluding steroid dienone is 8. The van der Waals surface area contributed by atoms with Gasteiger partial charge in [0.15, 0.2) is 0 Å². The predicted molar refractivity (Wildman–Crippen MR) is 131 cm³/mol. The lowest BCUT2D eigenvalue weighted by Gasteiger charge is -2.16. The second kappa shape index (κ2) is 21.9. The van der Waals surface area contributed by atoms with Crippen molar-refractivity contribution in [1.29, 1.82) is 0 Å². The largest absolute Gasteiger partial charge is 0.472 e. The van der Waals surface area contributed by atoms with E-state index in [0.717, 1.165) is 38.5 Å². The van der Waals surface area contributed by atoms with Crippen LogP contribution in [-0.4, -0.2) is 64.8 Å². The molecule has 0 saturated heterocycles. The van der Waals surface area contributed by atoms with Gasteiger partial charge in [0, 0.05) is 6.42 Å². The molecule has 3 atom stereocenters. The molecule has 4 N–H and O–H groups in total. The highest BCUT2D eigenvalue weighted by atomic mass is 31.2. The molecule has 9 nitrogen and oxygen atoms in total. The summed E-state index contributed by atoms with van der Waals surface area (Å²) in [5, 5.41) is 27.4. The van der Waals surface area contributed by atoms with E-state index in [1.165, 1.54) is 0 Å². The quantitative estimate of drug-likeness (QED) is 0.0795. The number of aliphatic hydroxyl groups excluding tert-OH is 3. The number of hydrogen-bond acceptors (Lipinski definition) is 8. The van der Waals surface area contributed by atoms with Gasteiger partial charge < -0.3 is 24.9 Å². The van der Waals surface area contributed by atoms with Crippen LogP contribution in [0.4, 0.5) is 0 Å². The monoisotopic (exact) mass is 504 g/mol. The lowest BCUT2D eigenvalue weighted by molar-refractivity contribution is -0.147. The highest BCUT2D eigenvalue weighted by Crippen LogP contribution is 2.43. The lowest BCUT2D eigenvalue weighted by Crippen LogP contribution is -2.24. The number of carbonyl (C=O) groups excluding carboxylic acids is 1. The first-order chi connectivity index (χ1) is 16.3. The normalized spacial score (nSPS) is 16.0. The molecule has 1 unspecified atom stereocenters. The number of phosphoric acid groups is 1. The van der Waals surface area contributed by atoms with Gasteiger partial charge >= 0.3 is 13.8 Å². The number of phosphoric ester groups is 1. The molecule has 0 spiro atoms. The minimum atomic E-state index is -4.49. The van der Waals surface area contributed by atoms with Gasteiger partial charge in [-0.15, -0.1) is 0 Å². The second-order valence-electron chi connectivity index (χ2n) is 7.48. The van der Waals surface area contributed by atoms with Gasteiger partial charge in [-0.2, -0.15) is 0 Å².